The average molecular weight is 283 g/mol. The van der Waals surface area contributed by atoms with Gasteiger partial charge in [-0.1, -0.05) is 6.42 Å². The summed E-state index contributed by atoms with van der Waals surface area (Å²) in [5, 5.41) is 12.2. The van der Waals surface area contributed by atoms with Crippen molar-refractivity contribution < 1.29 is 14.7 Å². The lowest BCUT2D eigenvalue weighted by molar-refractivity contribution is -0.146. The second kappa shape index (κ2) is 5.00. The molecule has 106 valence electrons. The fourth-order valence-corrected chi connectivity index (χ4v) is 5.39. The van der Waals surface area contributed by atoms with Crippen LogP contribution in [-0.2, 0) is 9.59 Å². The molecule has 4 nitrogen and oxygen atoms in total. The van der Waals surface area contributed by atoms with Crippen molar-refractivity contribution >= 4 is 23.6 Å². The summed E-state index contributed by atoms with van der Waals surface area (Å²) in [6, 6.07) is 0. The van der Waals surface area contributed by atoms with E-state index in [-0.39, 0.29) is 5.91 Å². The van der Waals surface area contributed by atoms with E-state index in [2.05, 4.69) is 5.32 Å². The Hall–Kier alpha value is -0.710. The van der Waals surface area contributed by atoms with E-state index >= 15 is 0 Å². The highest BCUT2D eigenvalue weighted by molar-refractivity contribution is 7.99. The number of carboxylic acids is 1. The van der Waals surface area contributed by atoms with Gasteiger partial charge in [-0.05, 0) is 49.2 Å². The van der Waals surface area contributed by atoms with E-state index in [9.17, 15) is 14.7 Å². The summed E-state index contributed by atoms with van der Waals surface area (Å²) in [5.74, 6) is 2.44. The first-order valence-electron chi connectivity index (χ1n) is 7.21. The Labute approximate surface area is 117 Å². The molecule has 2 saturated carbocycles. The van der Waals surface area contributed by atoms with E-state index < -0.39 is 11.5 Å². The lowest BCUT2D eigenvalue weighted by Crippen LogP contribution is -2.55. The second-order valence-electron chi connectivity index (χ2n) is 6.38. The molecule has 1 amide bonds. The van der Waals surface area contributed by atoms with Crippen LogP contribution in [0.4, 0.5) is 0 Å². The van der Waals surface area contributed by atoms with E-state index in [1.165, 1.54) is 25.7 Å². The summed E-state index contributed by atoms with van der Waals surface area (Å²) < 4.78 is 0. The van der Waals surface area contributed by atoms with Crippen molar-refractivity contribution in [3.63, 3.8) is 0 Å². The minimum absolute atomic E-state index is 0.0533. The first kappa shape index (κ1) is 13.3. The Morgan fingerprint density at radius 2 is 2.16 bits per heavy atom. The van der Waals surface area contributed by atoms with E-state index in [0.29, 0.717) is 24.5 Å². The molecule has 3 fully saturated rings. The van der Waals surface area contributed by atoms with Crippen LogP contribution in [0.5, 0.6) is 0 Å². The highest BCUT2D eigenvalue weighted by Gasteiger charge is 2.45. The third-order valence-corrected chi connectivity index (χ3v) is 6.33. The smallest absolute Gasteiger partial charge is 0.330 e. The summed E-state index contributed by atoms with van der Waals surface area (Å²) in [7, 11) is 0. The molecular formula is C14H21NO3S. The van der Waals surface area contributed by atoms with Gasteiger partial charge < -0.3 is 10.4 Å². The number of nitrogens with one attached hydrogen (secondary N) is 1. The monoisotopic (exact) mass is 283 g/mol. The lowest BCUT2D eigenvalue weighted by Gasteiger charge is -2.27. The largest absolute Gasteiger partial charge is 0.479 e. The van der Waals surface area contributed by atoms with Crippen molar-refractivity contribution in [3.8, 4) is 0 Å². The molecule has 0 aromatic carbocycles. The van der Waals surface area contributed by atoms with Crippen molar-refractivity contribution in [1.82, 2.24) is 5.32 Å². The fourth-order valence-electron chi connectivity index (χ4n) is 4.07. The van der Waals surface area contributed by atoms with Crippen LogP contribution in [0.3, 0.4) is 0 Å². The van der Waals surface area contributed by atoms with E-state index in [4.69, 9.17) is 0 Å². The van der Waals surface area contributed by atoms with Crippen LogP contribution in [0.1, 0.15) is 38.5 Å². The Kier molecular flexibility index (Phi) is 3.50. The first-order chi connectivity index (χ1) is 9.09. The molecule has 0 spiro atoms. The van der Waals surface area contributed by atoms with E-state index in [1.54, 1.807) is 11.8 Å². The number of hydrogen-bond donors (Lipinski definition) is 2. The predicted molar refractivity (Wildman–Crippen MR) is 74.0 cm³/mol. The van der Waals surface area contributed by atoms with Gasteiger partial charge in [-0.15, -0.1) is 0 Å². The first-order valence-corrected chi connectivity index (χ1v) is 8.37. The minimum Gasteiger partial charge on any atom is -0.479 e. The zero-order valence-electron chi connectivity index (χ0n) is 11.1. The maximum absolute atomic E-state index is 12.2. The van der Waals surface area contributed by atoms with Crippen LogP contribution in [0.2, 0.25) is 0 Å². The van der Waals surface area contributed by atoms with Crippen LogP contribution < -0.4 is 5.32 Å². The van der Waals surface area contributed by atoms with Crippen LogP contribution in [0.15, 0.2) is 0 Å². The van der Waals surface area contributed by atoms with Crippen LogP contribution in [0, 0.1) is 17.8 Å². The standard InChI is InChI=1S/C14H21NO3S/c16-12(7-11-6-9-1-2-10(11)5-9)15-14(13(17)18)3-4-19-8-14/h9-11H,1-8H2,(H,15,16)(H,17,18). The number of carbonyl (C=O) groups is 2. The average Bonchev–Trinajstić information content (AvgIpc) is 3.04. The number of fused-ring (bicyclic) bond motifs is 2. The van der Waals surface area contributed by atoms with Gasteiger partial charge in [0.15, 0.2) is 0 Å². The summed E-state index contributed by atoms with van der Waals surface area (Å²) in [6.07, 6.45) is 6.14. The Balaban J connectivity index is 1.57. The van der Waals surface area contributed by atoms with E-state index in [0.717, 1.165) is 17.6 Å². The highest BCUT2D eigenvalue weighted by atomic mass is 32.2. The maximum atomic E-state index is 12.2. The summed E-state index contributed by atoms with van der Waals surface area (Å²) in [4.78, 5) is 23.6. The van der Waals surface area contributed by atoms with Crippen LogP contribution >= 0.6 is 11.8 Å². The number of rotatable bonds is 4. The number of aliphatic carboxylic acids is 1. The number of thioether (sulfide) groups is 1. The third-order valence-electron chi connectivity index (χ3n) is 5.14. The molecule has 5 heteroatoms. The van der Waals surface area contributed by atoms with Crippen molar-refractivity contribution in [2.24, 2.45) is 17.8 Å². The molecular weight excluding hydrogens is 262 g/mol. The zero-order valence-corrected chi connectivity index (χ0v) is 11.9. The molecule has 19 heavy (non-hydrogen) atoms. The molecule has 4 atom stereocenters. The Morgan fingerprint density at radius 3 is 2.68 bits per heavy atom. The van der Waals surface area contributed by atoms with Crippen molar-refractivity contribution in [2.45, 2.75) is 44.1 Å². The van der Waals surface area contributed by atoms with Gasteiger partial charge in [0.1, 0.15) is 5.54 Å². The number of carboxylic acid groups (broad SMARTS) is 1. The summed E-state index contributed by atoms with van der Waals surface area (Å²) >= 11 is 1.61. The molecule has 1 aliphatic heterocycles. The zero-order chi connectivity index (χ0) is 13.5. The third kappa shape index (κ3) is 2.49. The van der Waals surface area contributed by atoms with Crippen LogP contribution in [-0.4, -0.2) is 34.0 Å². The summed E-state index contributed by atoms with van der Waals surface area (Å²) in [5.41, 5.74) is -1.00. The van der Waals surface area contributed by atoms with Gasteiger partial charge in [-0.25, -0.2) is 4.79 Å². The molecule has 1 heterocycles. The number of hydrogen-bond acceptors (Lipinski definition) is 3. The fraction of sp³-hybridized carbons (Fsp3) is 0.857. The molecule has 3 rings (SSSR count). The molecule has 1 saturated heterocycles. The van der Waals surface area contributed by atoms with Crippen molar-refractivity contribution in [2.75, 3.05) is 11.5 Å². The minimum atomic E-state index is -1.00. The van der Waals surface area contributed by atoms with Gasteiger partial charge in [-0.2, -0.15) is 11.8 Å². The van der Waals surface area contributed by atoms with Gasteiger partial charge in [0.05, 0.1) is 0 Å². The molecule has 0 aromatic rings. The molecule has 0 aromatic heterocycles. The Morgan fingerprint density at radius 1 is 1.32 bits per heavy atom. The molecule has 4 unspecified atom stereocenters. The molecule has 2 bridgehead atoms. The second-order valence-corrected chi connectivity index (χ2v) is 7.48. The predicted octanol–water partition coefficient (Wildman–Crippen LogP) is 1.89. The summed E-state index contributed by atoms with van der Waals surface area (Å²) in [6.45, 7) is 0. The van der Waals surface area contributed by atoms with Crippen molar-refractivity contribution in [3.05, 3.63) is 0 Å². The number of amides is 1. The molecule has 3 aliphatic rings. The normalized spacial score (nSPS) is 40.5. The van der Waals surface area contributed by atoms with Gasteiger partial charge in [0, 0.05) is 12.2 Å². The maximum Gasteiger partial charge on any atom is 0.330 e. The van der Waals surface area contributed by atoms with Crippen LogP contribution in [0.25, 0.3) is 0 Å². The van der Waals surface area contributed by atoms with E-state index in [1.807, 2.05) is 0 Å². The quantitative estimate of drug-likeness (QED) is 0.827. The van der Waals surface area contributed by atoms with Gasteiger partial charge in [0.2, 0.25) is 5.91 Å². The topological polar surface area (TPSA) is 66.4 Å². The number of carbonyl (C=O) groups excluding carboxylic acids is 1. The Bertz CT molecular complexity index is 392. The lowest BCUT2D eigenvalue weighted by atomic mass is 9.86. The van der Waals surface area contributed by atoms with Gasteiger partial charge in [0.25, 0.3) is 0 Å². The van der Waals surface area contributed by atoms with Crippen molar-refractivity contribution in [1.29, 1.82) is 0 Å². The SMILES string of the molecule is O=C(CC1CC2CCC1C2)NC1(C(=O)O)CCSC1. The van der Waals surface area contributed by atoms with Gasteiger partial charge >= 0.3 is 5.97 Å². The van der Waals surface area contributed by atoms with Gasteiger partial charge in [-0.3, -0.25) is 4.79 Å². The highest BCUT2D eigenvalue weighted by Crippen LogP contribution is 2.49. The molecule has 0 radical (unpaired) electrons. The molecule has 2 aliphatic carbocycles. The molecule has 2 N–H and O–H groups in total.